The summed E-state index contributed by atoms with van der Waals surface area (Å²) >= 11 is 0. The number of hydrogen-bond donors (Lipinski definition) is 1. The zero-order chi connectivity index (χ0) is 11.8. The van der Waals surface area contributed by atoms with Crippen molar-refractivity contribution in [3.63, 3.8) is 0 Å². The first-order valence-electron chi connectivity index (χ1n) is 4.55. The summed E-state index contributed by atoms with van der Waals surface area (Å²) in [7, 11) is 0. The Bertz CT molecular complexity index is 459. The van der Waals surface area contributed by atoms with E-state index in [2.05, 4.69) is 20.1 Å². The third-order valence-electron chi connectivity index (χ3n) is 2.06. The molecule has 0 heterocycles. The normalized spacial score (nSPS) is 9.06. The van der Waals surface area contributed by atoms with Crippen LogP contribution >= 0.6 is 0 Å². The van der Waals surface area contributed by atoms with Crippen LogP contribution in [0.3, 0.4) is 0 Å². The quantitative estimate of drug-likeness (QED) is 0.456. The van der Waals surface area contributed by atoms with Gasteiger partial charge in [-0.15, -0.1) is 0 Å². The van der Waals surface area contributed by atoms with E-state index in [1.165, 1.54) is 0 Å². The predicted molar refractivity (Wildman–Crippen MR) is 58.1 cm³/mol. The fraction of sp³-hybridized carbons (Fsp3) is 0.333. The maximum absolute atomic E-state index is 8.97. The fourth-order valence-corrected chi connectivity index (χ4v) is 1.29. The van der Waals surface area contributed by atoms with Gasteiger partial charge in [0.05, 0.1) is 19.7 Å². The summed E-state index contributed by atoms with van der Waals surface area (Å²) in [5.74, 6) is 0. The van der Waals surface area contributed by atoms with Gasteiger partial charge in [0, 0.05) is 9.82 Å². The average Bonchev–Trinajstić information content (AvgIpc) is 2.34. The lowest BCUT2D eigenvalue weighted by atomic mass is 10.0. The Morgan fingerprint density at radius 3 is 2.25 bits per heavy atom. The molecule has 1 aromatic carbocycles. The van der Waals surface area contributed by atoms with Crippen molar-refractivity contribution in [2.75, 3.05) is 0 Å². The van der Waals surface area contributed by atoms with Gasteiger partial charge in [0.1, 0.15) is 0 Å². The van der Waals surface area contributed by atoms with Crippen LogP contribution in [-0.4, -0.2) is 5.11 Å². The Balaban J connectivity index is 3.04. The van der Waals surface area contributed by atoms with Crippen LogP contribution in [-0.2, 0) is 19.7 Å². The second-order valence-corrected chi connectivity index (χ2v) is 3.04. The summed E-state index contributed by atoms with van der Waals surface area (Å²) in [5.41, 5.74) is 18.8. The molecular weight excluding hydrogens is 208 g/mol. The highest BCUT2D eigenvalue weighted by molar-refractivity contribution is 5.32. The molecule has 0 bridgehead atoms. The van der Waals surface area contributed by atoms with E-state index in [0.717, 1.165) is 16.7 Å². The number of azide groups is 2. The van der Waals surface area contributed by atoms with Crippen molar-refractivity contribution in [3.05, 3.63) is 55.8 Å². The summed E-state index contributed by atoms with van der Waals surface area (Å²) in [4.78, 5) is 5.33. The van der Waals surface area contributed by atoms with Gasteiger partial charge in [0.2, 0.25) is 0 Å². The first-order valence-corrected chi connectivity index (χ1v) is 4.55. The second-order valence-electron chi connectivity index (χ2n) is 3.04. The minimum absolute atomic E-state index is 0.0783. The van der Waals surface area contributed by atoms with Crippen LogP contribution in [0.4, 0.5) is 0 Å². The summed E-state index contributed by atoms with van der Waals surface area (Å²) in [5, 5.41) is 15.9. The number of benzene rings is 1. The zero-order valence-corrected chi connectivity index (χ0v) is 8.48. The van der Waals surface area contributed by atoms with Crippen LogP contribution in [0.15, 0.2) is 28.4 Å². The molecule has 1 rings (SSSR count). The zero-order valence-electron chi connectivity index (χ0n) is 8.48. The molecular formula is C9H10N6O. The van der Waals surface area contributed by atoms with Crippen LogP contribution in [0.1, 0.15) is 16.7 Å². The lowest BCUT2D eigenvalue weighted by molar-refractivity contribution is 0.281. The highest BCUT2D eigenvalue weighted by atomic mass is 16.3. The average molecular weight is 218 g/mol. The largest absolute Gasteiger partial charge is 0.392 e. The molecule has 82 valence electrons. The molecule has 0 fully saturated rings. The summed E-state index contributed by atoms with van der Waals surface area (Å²) in [6.07, 6.45) is 0. The van der Waals surface area contributed by atoms with Crippen molar-refractivity contribution in [1.29, 1.82) is 0 Å². The summed E-state index contributed by atoms with van der Waals surface area (Å²) in [6, 6.07) is 5.22. The second kappa shape index (κ2) is 6.31. The molecule has 7 heteroatoms. The molecule has 0 unspecified atom stereocenters. The maximum Gasteiger partial charge on any atom is 0.0681 e. The topological polar surface area (TPSA) is 118 Å². The van der Waals surface area contributed by atoms with Crippen molar-refractivity contribution < 1.29 is 5.11 Å². The molecule has 0 aromatic heterocycles. The highest BCUT2D eigenvalue weighted by Crippen LogP contribution is 2.15. The molecule has 0 saturated heterocycles. The maximum atomic E-state index is 8.97. The van der Waals surface area contributed by atoms with Crippen LogP contribution in [0.25, 0.3) is 20.9 Å². The summed E-state index contributed by atoms with van der Waals surface area (Å²) < 4.78 is 0. The molecule has 0 saturated carbocycles. The molecule has 7 nitrogen and oxygen atoms in total. The molecule has 0 aliphatic carbocycles. The van der Waals surface area contributed by atoms with Crippen molar-refractivity contribution in [1.82, 2.24) is 0 Å². The van der Waals surface area contributed by atoms with Crippen molar-refractivity contribution in [2.45, 2.75) is 19.7 Å². The van der Waals surface area contributed by atoms with Gasteiger partial charge in [0.25, 0.3) is 0 Å². The fourth-order valence-electron chi connectivity index (χ4n) is 1.29. The Morgan fingerprint density at radius 2 is 1.69 bits per heavy atom. The van der Waals surface area contributed by atoms with Crippen LogP contribution in [0.2, 0.25) is 0 Å². The van der Waals surface area contributed by atoms with Gasteiger partial charge >= 0.3 is 0 Å². The minimum Gasteiger partial charge on any atom is -0.392 e. The van der Waals surface area contributed by atoms with Crippen LogP contribution in [0.5, 0.6) is 0 Å². The number of aliphatic hydroxyl groups excluding tert-OH is 1. The van der Waals surface area contributed by atoms with E-state index in [-0.39, 0.29) is 19.7 Å². The van der Waals surface area contributed by atoms with E-state index >= 15 is 0 Å². The van der Waals surface area contributed by atoms with E-state index < -0.39 is 0 Å². The minimum atomic E-state index is -0.0783. The Morgan fingerprint density at radius 1 is 1.06 bits per heavy atom. The van der Waals surface area contributed by atoms with Gasteiger partial charge in [-0.3, -0.25) is 0 Å². The number of nitrogens with zero attached hydrogens (tertiary/aromatic N) is 6. The lowest BCUT2D eigenvalue weighted by Gasteiger charge is -2.06. The van der Waals surface area contributed by atoms with Crippen molar-refractivity contribution in [3.8, 4) is 0 Å². The smallest absolute Gasteiger partial charge is 0.0681 e. The Kier molecular flexibility index (Phi) is 4.69. The Hall–Kier alpha value is -2.20. The van der Waals surface area contributed by atoms with Gasteiger partial charge in [0.15, 0.2) is 0 Å². The number of aliphatic hydroxyl groups is 1. The van der Waals surface area contributed by atoms with E-state index in [4.69, 9.17) is 16.2 Å². The van der Waals surface area contributed by atoms with E-state index in [9.17, 15) is 0 Å². The lowest BCUT2D eigenvalue weighted by Crippen LogP contribution is -1.94. The SMILES string of the molecule is [N-]=[N+]=NCc1ccc(CO)cc1CN=[N+]=[N-]. The Labute approximate surface area is 91.6 Å². The molecule has 0 spiro atoms. The third-order valence-corrected chi connectivity index (χ3v) is 2.06. The van der Waals surface area contributed by atoms with E-state index in [1.54, 1.807) is 18.2 Å². The molecule has 16 heavy (non-hydrogen) atoms. The van der Waals surface area contributed by atoms with Crippen molar-refractivity contribution in [2.24, 2.45) is 10.2 Å². The molecule has 0 radical (unpaired) electrons. The van der Waals surface area contributed by atoms with Crippen molar-refractivity contribution >= 4 is 0 Å². The monoisotopic (exact) mass is 218 g/mol. The van der Waals surface area contributed by atoms with Gasteiger partial charge < -0.3 is 5.11 Å². The third kappa shape index (κ3) is 3.18. The van der Waals surface area contributed by atoms with Gasteiger partial charge in [-0.2, -0.15) is 0 Å². The molecule has 0 atom stereocenters. The molecule has 0 aliphatic heterocycles. The first-order chi connectivity index (χ1) is 7.81. The number of hydrogen-bond acceptors (Lipinski definition) is 3. The molecule has 1 N–H and O–H groups in total. The van der Waals surface area contributed by atoms with Gasteiger partial charge in [-0.25, -0.2) is 0 Å². The van der Waals surface area contributed by atoms with Crippen LogP contribution in [0, 0.1) is 0 Å². The highest BCUT2D eigenvalue weighted by Gasteiger charge is 2.02. The molecule has 0 aliphatic rings. The first kappa shape index (κ1) is 11.9. The number of rotatable bonds is 5. The van der Waals surface area contributed by atoms with Crippen LogP contribution < -0.4 is 0 Å². The van der Waals surface area contributed by atoms with Gasteiger partial charge in [-0.1, -0.05) is 28.4 Å². The molecule has 0 amide bonds. The van der Waals surface area contributed by atoms with E-state index in [0.29, 0.717) is 0 Å². The van der Waals surface area contributed by atoms with Gasteiger partial charge in [-0.05, 0) is 27.8 Å². The summed E-state index contributed by atoms with van der Waals surface area (Å²) in [6.45, 7) is 0.310. The van der Waals surface area contributed by atoms with E-state index in [1.807, 2.05) is 0 Å². The standard InChI is InChI=1S/C9H10N6O/c10-14-12-4-8-2-1-7(6-16)3-9(8)5-13-15-11/h1-3,16H,4-6H2. The molecule has 1 aromatic rings. The predicted octanol–water partition coefficient (Wildman–Crippen LogP) is 2.80.